The Hall–Kier alpha value is -3.55. The van der Waals surface area contributed by atoms with Gasteiger partial charge in [0, 0.05) is 37.6 Å². The molecule has 3 aromatic rings. The molecule has 1 aliphatic carbocycles. The lowest BCUT2D eigenvalue weighted by Crippen LogP contribution is -2.55. The van der Waals surface area contributed by atoms with Crippen molar-refractivity contribution in [2.75, 3.05) is 51.0 Å². The smallest absolute Gasteiger partial charge is 0.233 e. The van der Waals surface area contributed by atoms with Gasteiger partial charge in [0.25, 0.3) is 0 Å². The van der Waals surface area contributed by atoms with Crippen LogP contribution in [0, 0.1) is 0 Å². The number of ether oxygens (including phenoxy) is 2. The zero-order valence-electron chi connectivity index (χ0n) is 21.2. The predicted molar refractivity (Wildman–Crippen MR) is 142 cm³/mol. The molecule has 1 aromatic heterocycles. The Balaban J connectivity index is 1.36. The van der Waals surface area contributed by atoms with Gasteiger partial charge < -0.3 is 25.0 Å². The monoisotopic (exact) mass is 489 g/mol. The highest BCUT2D eigenvalue weighted by molar-refractivity contribution is 5.92. The van der Waals surface area contributed by atoms with Gasteiger partial charge in [-0.15, -0.1) is 0 Å². The summed E-state index contributed by atoms with van der Waals surface area (Å²) >= 11 is 0. The van der Waals surface area contributed by atoms with E-state index in [9.17, 15) is 4.79 Å². The molecule has 1 saturated carbocycles. The van der Waals surface area contributed by atoms with Crippen LogP contribution in [0.25, 0.3) is 10.9 Å². The Labute approximate surface area is 212 Å². The van der Waals surface area contributed by atoms with Gasteiger partial charge >= 0.3 is 0 Å². The molecule has 0 spiro atoms. The van der Waals surface area contributed by atoms with Crippen molar-refractivity contribution in [2.24, 2.45) is 0 Å². The van der Waals surface area contributed by atoms with Crippen molar-refractivity contribution in [3.63, 3.8) is 0 Å². The van der Waals surface area contributed by atoms with Gasteiger partial charge in [0.15, 0.2) is 11.5 Å². The van der Waals surface area contributed by atoms with Crippen LogP contribution >= 0.6 is 0 Å². The van der Waals surface area contributed by atoms with E-state index in [2.05, 4.69) is 34.1 Å². The summed E-state index contributed by atoms with van der Waals surface area (Å²) in [5, 5.41) is 0.725. The molecule has 1 aliphatic heterocycles. The summed E-state index contributed by atoms with van der Waals surface area (Å²) in [6.07, 6.45) is 6.44. The molecular weight excluding hydrogens is 454 g/mol. The number of hydrogen-bond acceptors (Lipinski definition) is 7. The first-order valence-corrected chi connectivity index (χ1v) is 12.8. The summed E-state index contributed by atoms with van der Waals surface area (Å²) in [6, 6.07) is 14.0. The predicted octanol–water partition coefficient (Wildman–Crippen LogP) is 4.17. The van der Waals surface area contributed by atoms with E-state index in [0.717, 1.165) is 36.6 Å². The van der Waals surface area contributed by atoms with Crippen LogP contribution in [0.3, 0.4) is 0 Å². The number of nitrogen functional groups attached to an aromatic ring is 1. The van der Waals surface area contributed by atoms with Gasteiger partial charge in [-0.2, -0.15) is 4.98 Å². The van der Waals surface area contributed by atoms with Crippen LogP contribution in [0.1, 0.15) is 44.1 Å². The molecule has 5 rings (SSSR count). The number of amides is 1. The van der Waals surface area contributed by atoms with E-state index in [4.69, 9.17) is 20.2 Å². The first-order chi connectivity index (χ1) is 17.6. The lowest BCUT2D eigenvalue weighted by molar-refractivity contribution is -0.138. The summed E-state index contributed by atoms with van der Waals surface area (Å²) < 4.78 is 10.8. The summed E-state index contributed by atoms with van der Waals surface area (Å²) in [7, 11) is 3.19. The minimum absolute atomic E-state index is 0.269. The second-order valence-corrected chi connectivity index (χ2v) is 9.77. The fourth-order valence-corrected chi connectivity index (χ4v) is 5.74. The molecular formula is C28H35N5O3. The van der Waals surface area contributed by atoms with Crippen molar-refractivity contribution in [1.82, 2.24) is 14.9 Å². The number of hydrogen-bond donors (Lipinski definition) is 1. The van der Waals surface area contributed by atoms with Crippen LogP contribution in [0.4, 0.5) is 11.8 Å². The highest BCUT2D eigenvalue weighted by Crippen LogP contribution is 2.40. The molecule has 1 saturated heterocycles. The number of fused-ring (bicyclic) bond motifs is 1. The molecule has 0 atom stereocenters. The van der Waals surface area contributed by atoms with Crippen molar-refractivity contribution in [3.8, 4) is 11.5 Å². The molecule has 2 aromatic carbocycles. The zero-order chi connectivity index (χ0) is 25.1. The fraction of sp³-hybridized carbons (Fsp3) is 0.464. The number of methoxy groups -OCH3 is 2. The quantitative estimate of drug-likeness (QED) is 0.538. The molecule has 2 heterocycles. The molecule has 0 radical (unpaired) electrons. The highest BCUT2D eigenvalue weighted by atomic mass is 16.5. The minimum Gasteiger partial charge on any atom is -0.493 e. The molecule has 2 N–H and O–H groups in total. The van der Waals surface area contributed by atoms with Gasteiger partial charge in [0.05, 0.1) is 25.2 Å². The molecule has 8 nitrogen and oxygen atoms in total. The number of rotatable bonds is 5. The number of anilines is 2. The Morgan fingerprint density at radius 3 is 2.17 bits per heavy atom. The number of nitrogens with two attached hydrogens (primary N) is 1. The largest absolute Gasteiger partial charge is 0.493 e. The molecule has 1 amide bonds. The molecule has 36 heavy (non-hydrogen) atoms. The standard InChI is InChI=1S/C28H35N5O3/c1-35-23-18-21-22(19-24(23)36-2)30-27(31-25(21)29)33-16-14-32(15-17-33)26(34)28(12-8-3-4-9-13-28)20-10-6-5-7-11-20/h5-7,10-11,18-19H,3-4,8-9,12-17H2,1-2H3,(H2,29,30,31). The van der Waals surface area contributed by atoms with E-state index >= 15 is 0 Å². The lowest BCUT2D eigenvalue weighted by Gasteiger charge is -2.41. The van der Waals surface area contributed by atoms with Crippen molar-refractivity contribution in [3.05, 3.63) is 48.0 Å². The molecule has 190 valence electrons. The molecule has 0 unspecified atom stereocenters. The third kappa shape index (κ3) is 4.40. The maximum absolute atomic E-state index is 14.1. The third-order valence-corrected chi connectivity index (χ3v) is 7.76. The average Bonchev–Trinajstić information content (AvgIpc) is 3.19. The van der Waals surface area contributed by atoms with Crippen LogP contribution in [-0.4, -0.2) is 61.2 Å². The number of piperazine rings is 1. The van der Waals surface area contributed by atoms with Gasteiger partial charge in [-0.3, -0.25) is 4.79 Å². The summed E-state index contributed by atoms with van der Waals surface area (Å²) in [4.78, 5) is 27.6. The van der Waals surface area contributed by atoms with Crippen molar-refractivity contribution in [2.45, 2.75) is 43.9 Å². The van der Waals surface area contributed by atoms with E-state index in [1.54, 1.807) is 20.3 Å². The second kappa shape index (κ2) is 10.2. The number of aromatic nitrogens is 2. The van der Waals surface area contributed by atoms with Crippen LogP contribution in [0.15, 0.2) is 42.5 Å². The summed E-state index contributed by atoms with van der Waals surface area (Å²) in [6.45, 7) is 2.60. The maximum atomic E-state index is 14.1. The average molecular weight is 490 g/mol. The normalized spacial score (nSPS) is 18.1. The highest BCUT2D eigenvalue weighted by Gasteiger charge is 2.43. The number of nitrogens with zero attached hydrogens (tertiary/aromatic N) is 4. The van der Waals surface area contributed by atoms with Gasteiger partial charge in [-0.25, -0.2) is 4.98 Å². The third-order valence-electron chi connectivity index (χ3n) is 7.76. The van der Waals surface area contributed by atoms with Gasteiger partial charge in [0.1, 0.15) is 5.82 Å². The van der Waals surface area contributed by atoms with E-state index in [0.29, 0.717) is 55.0 Å². The topological polar surface area (TPSA) is 93.8 Å². The Morgan fingerprint density at radius 1 is 0.889 bits per heavy atom. The number of carbonyl (C=O) groups is 1. The minimum atomic E-state index is -0.417. The number of carbonyl (C=O) groups excluding carboxylic acids is 1. The van der Waals surface area contributed by atoms with E-state index in [1.165, 1.54) is 12.8 Å². The Bertz CT molecular complexity index is 1220. The van der Waals surface area contributed by atoms with Gasteiger partial charge in [0.2, 0.25) is 11.9 Å². The Morgan fingerprint density at radius 2 is 1.53 bits per heavy atom. The van der Waals surface area contributed by atoms with Crippen LogP contribution in [-0.2, 0) is 10.2 Å². The van der Waals surface area contributed by atoms with E-state index in [1.807, 2.05) is 17.0 Å². The summed E-state index contributed by atoms with van der Waals surface area (Å²) in [5.41, 5.74) is 7.76. The molecule has 8 heteroatoms. The molecule has 0 bridgehead atoms. The van der Waals surface area contributed by atoms with Crippen molar-refractivity contribution in [1.29, 1.82) is 0 Å². The zero-order valence-corrected chi connectivity index (χ0v) is 21.2. The van der Waals surface area contributed by atoms with Crippen LogP contribution in [0.5, 0.6) is 11.5 Å². The van der Waals surface area contributed by atoms with E-state index < -0.39 is 5.41 Å². The second-order valence-electron chi connectivity index (χ2n) is 9.77. The van der Waals surface area contributed by atoms with Crippen molar-refractivity contribution >= 4 is 28.6 Å². The fourth-order valence-electron chi connectivity index (χ4n) is 5.74. The summed E-state index contributed by atoms with van der Waals surface area (Å²) in [5.74, 6) is 2.43. The molecule has 2 fully saturated rings. The number of benzene rings is 2. The Kier molecular flexibility index (Phi) is 6.85. The first-order valence-electron chi connectivity index (χ1n) is 12.8. The van der Waals surface area contributed by atoms with Crippen LogP contribution < -0.4 is 20.1 Å². The van der Waals surface area contributed by atoms with Gasteiger partial charge in [-0.1, -0.05) is 56.0 Å². The lowest BCUT2D eigenvalue weighted by atomic mass is 9.73. The van der Waals surface area contributed by atoms with Crippen LogP contribution in [0.2, 0.25) is 0 Å². The van der Waals surface area contributed by atoms with Crippen molar-refractivity contribution < 1.29 is 14.3 Å². The van der Waals surface area contributed by atoms with E-state index in [-0.39, 0.29) is 5.91 Å². The maximum Gasteiger partial charge on any atom is 0.233 e. The SMILES string of the molecule is COc1cc2nc(N3CCN(C(=O)C4(c5ccccc5)CCCCCC4)CC3)nc(N)c2cc1OC. The van der Waals surface area contributed by atoms with Gasteiger partial charge in [-0.05, 0) is 24.5 Å². The molecule has 2 aliphatic rings. The first kappa shape index (κ1) is 24.2.